The van der Waals surface area contributed by atoms with E-state index in [0.717, 1.165) is 36.2 Å². The van der Waals surface area contributed by atoms with Crippen LogP contribution in [-0.2, 0) is 12.6 Å². The van der Waals surface area contributed by atoms with E-state index in [0.29, 0.717) is 0 Å². The van der Waals surface area contributed by atoms with E-state index in [2.05, 4.69) is 10.5 Å². The van der Waals surface area contributed by atoms with Crippen LogP contribution >= 0.6 is 11.6 Å². The summed E-state index contributed by atoms with van der Waals surface area (Å²) in [6.45, 7) is 0. The summed E-state index contributed by atoms with van der Waals surface area (Å²) in [5.74, 6) is 0. The fourth-order valence-corrected chi connectivity index (χ4v) is 2.60. The number of hydrazone groups is 1. The minimum Gasteiger partial charge on any atom is -0.277 e. The van der Waals surface area contributed by atoms with Gasteiger partial charge in [0.25, 0.3) is 0 Å². The number of rotatable bonds is 2. The average molecular weight is 325 g/mol. The van der Waals surface area contributed by atoms with Crippen LogP contribution in [0.4, 0.5) is 18.9 Å². The third-order valence-electron chi connectivity index (χ3n) is 3.56. The number of nitrogens with zero attached hydrogens (tertiary/aromatic N) is 1. The zero-order valence-electron chi connectivity index (χ0n) is 11.4. The van der Waals surface area contributed by atoms with Crippen molar-refractivity contribution in [1.82, 2.24) is 0 Å². The van der Waals surface area contributed by atoms with Gasteiger partial charge < -0.3 is 0 Å². The molecular formula is C16H12ClF3N2. The molecule has 2 nitrogen and oxygen atoms in total. The minimum absolute atomic E-state index is 0.147. The molecule has 0 aliphatic heterocycles. The Labute approximate surface area is 130 Å². The molecule has 0 radical (unpaired) electrons. The van der Waals surface area contributed by atoms with Crippen LogP contribution in [0.15, 0.2) is 47.6 Å². The van der Waals surface area contributed by atoms with E-state index in [-0.39, 0.29) is 10.7 Å². The largest absolute Gasteiger partial charge is 0.416 e. The van der Waals surface area contributed by atoms with Gasteiger partial charge in [-0.15, -0.1) is 0 Å². The fraction of sp³-hybridized carbons (Fsp3) is 0.188. The number of hydrogen-bond donors (Lipinski definition) is 1. The number of anilines is 1. The quantitative estimate of drug-likeness (QED) is 0.762. The summed E-state index contributed by atoms with van der Waals surface area (Å²) < 4.78 is 38.2. The molecule has 0 spiro atoms. The van der Waals surface area contributed by atoms with Crippen LogP contribution in [0.25, 0.3) is 0 Å². The highest BCUT2D eigenvalue weighted by molar-refractivity contribution is 6.33. The number of benzene rings is 2. The van der Waals surface area contributed by atoms with E-state index >= 15 is 0 Å². The Kier molecular flexibility index (Phi) is 3.83. The van der Waals surface area contributed by atoms with Gasteiger partial charge in [0.05, 0.1) is 22.0 Å². The molecule has 1 aliphatic carbocycles. The van der Waals surface area contributed by atoms with Crippen molar-refractivity contribution in [3.8, 4) is 0 Å². The highest BCUT2D eigenvalue weighted by Gasteiger charge is 2.31. The Morgan fingerprint density at radius 2 is 1.82 bits per heavy atom. The second-order valence-corrected chi connectivity index (χ2v) is 5.43. The van der Waals surface area contributed by atoms with Gasteiger partial charge in [-0.05, 0) is 36.6 Å². The van der Waals surface area contributed by atoms with Crippen LogP contribution in [0.2, 0.25) is 5.02 Å². The zero-order valence-corrected chi connectivity index (χ0v) is 12.2. The summed E-state index contributed by atoms with van der Waals surface area (Å²) >= 11 is 5.93. The van der Waals surface area contributed by atoms with E-state index in [4.69, 9.17) is 11.6 Å². The van der Waals surface area contributed by atoms with Crippen LogP contribution in [0.3, 0.4) is 0 Å². The third kappa shape index (κ3) is 2.95. The maximum atomic E-state index is 12.7. The molecular weight excluding hydrogens is 313 g/mol. The Morgan fingerprint density at radius 3 is 2.59 bits per heavy atom. The number of hydrogen-bond acceptors (Lipinski definition) is 2. The summed E-state index contributed by atoms with van der Waals surface area (Å²) in [6.07, 6.45) is -2.77. The summed E-state index contributed by atoms with van der Waals surface area (Å²) in [7, 11) is 0. The van der Waals surface area contributed by atoms with Gasteiger partial charge in [0.1, 0.15) is 0 Å². The number of nitrogens with one attached hydrogen (secondary N) is 1. The van der Waals surface area contributed by atoms with E-state index < -0.39 is 11.7 Å². The lowest BCUT2D eigenvalue weighted by Crippen LogP contribution is -2.06. The number of halogens is 4. The number of aryl methyl sites for hydroxylation is 1. The monoisotopic (exact) mass is 324 g/mol. The minimum atomic E-state index is -4.41. The maximum Gasteiger partial charge on any atom is 0.416 e. The predicted octanol–water partition coefficient (Wildman–Crippen LogP) is 5.12. The van der Waals surface area contributed by atoms with Crippen molar-refractivity contribution in [2.75, 3.05) is 5.43 Å². The van der Waals surface area contributed by atoms with Crippen LogP contribution < -0.4 is 5.43 Å². The first-order valence-corrected chi connectivity index (χ1v) is 7.10. The Balaban J connectivity index is 1.87. The summed E-state index contributed by atoms with van der Waals surface area (Å²) in [4.78, 5) is 0. The third-order valence-corrected chi connectivity index (χ3v) is 3.89. The van der Waals surface area contributed by atoms with Gasteiger partial charge in [0.15, 0.2) is 0 Å². The van der Waals surface area contributed by atoms with Crippen molar-refractivity contribution in [3.63, 3.8) is 0 Å². The fourth-order valence-electron chi connectivity index (χ4n) is 2.44. The highest BCUT2D eigenvalue weighted by atomic mass is 35.5. The molecule has 6 heteroatoms. The lowest BCUT2D eigenvalue weighted by Gasteiger charge is -2.10. The predicted molar refractivity (Wildman–Crippen MR) is 81.4 cm³/mol. The molecule has 0 unspecified atom stereocenters. The van der Waals surface area contributed by atoms with Gasteiger partial charge >= 0.3 is 6.18 Å². The molecule has 1 aliphatic rings. The van der Waals surface area contributed by atoms with Crippen LogP contribution in [0, 0.1) is 0 Å². The first-order chi connectivity index (χ1) is 10.4. The Morgan fingerprint density at radius 1 is 1.05 bits per heavy atom. The van der Waals surface area contributed by atoms with Crippen LogP contribution in [0.1, 0.15) is 23.1 Å². The molecule has 22 heavy (non-hydrogen) atoms. The van der Waals surface area contributed by atoms with Gasteiger partial charge in [0, 0.05) is 5.56 Å². The summed E-state index contributed by atoms with van der Waals surface area (Å²) in [5.41, 5.74) is 5.09. The highest BCUT2D eigenvalue weighted by Crippen LogP contribution is 2.34. The second-order valence-electron chi connectivity index (χ2n) is 5.02. The van der Waals surface area contributed by atoms with Gasteiger partial charge in [-0.25, -0.2) is 0 Å². The molecule has 0 fully saturated rings. The summed E-state index contributed by atoms with van der Waals surface area (Å²) in [6, 6.07) is 11.0. The maximum absolute atomic E-state index is 12.7. The van der Waals surface area contributed by atoms with Crippen molar-refractivity contribution in [2.45, 2.75) is 19.0 Å². The molecule has 0 atom stereocenters. The molecule has 114 valence electrons. The average Bonchev–Trinajstić information content (AvgIpc) is 2.88. The van der Waals surface area contributed by atoms with E-state index in [9.17, 15) is 13.2 Å². The molecule has 0 amide bonds. The van der Waals surface area contributed by atoms with Gasteiger partial charge in [-0.3, -0.25) is 5.43 Å². The van der Waals surface area contributed by atoms with Gasteiger partial charge in [-0.2, -0.15) is 18.3 Å². The topological polar surface area (TPSA) is 24.4 Å². The zero-order chi connectivity index (χ0) is 15.7. The SMILES string of the molecule is FC(F)(F)c1ccc(Cl)c(N/N=C2\CCc3ccccc32)c1. The number of fused-ring (bicyclic) bond motifs is 1. The van der Waals surface area contributed by atoms with Crippen molar-refractivity contribution >= 4 is 23.0 Å². The molecule has 0 saturated heterocycles. The van der Waals surface area contributed by atoms with Crippen molar-refractivity contribution in [2.24, 2.45) is 5.10 Å². The van der Waals surface area contributed by atoms with Crippen molar-refractivity contribution in [1.29, 1.82) is 0 Å². The second kappa shape index (κ2) is 5.65. The van der Waals surface area contributed by atoms with E-state index in [1.807, 2.05) is 24.3 Å². The molecule has 0 aromatic heterocycles. The Bertz CT molecular complexity index is 738. The first kappa shape index (κ1) is 14.9. The smallest absolute Gasteiger partial charge is 0.277 e. The van der Waals surface area contributed by atoms with Crippen molar-refractivity contribution in [3.05, 3.63) is 64.2 Å². The lowest BCUT2D eigenvalue weighted by molar-refractivity contribution is -0.137. The molecule has 3 rings (SSSR count). The molecule has 2 aromatic rings. The molecule has 1 N–H and O–H groups in total. The van der Waals surface area contributed by atoms with Crippen molar-refractivity contribution < 1.29 is 13.2 Å². The van der Waals surface area contributed by atoms with E-state index in [1.54, 1.807) is 0 Å². The standard InChI is InChI=1S/C16H12ClF3N2/c17-13-7-6-11(16(18,19)20)9-15(13)22-21-14-8-5-10-3-1-2-4-12(10)14/h1-4,6-7,9,22H,5,8H2/b21-14+. The summed E-state index contributed by atoms with van der Waals surface area (Å²) in [5, 5.41) is 4.43. The molecule has 0 saturated carbocycles. The Hall–Kier alpha value is -2.01. The molecule has 2 aromatic carbocycles. The van der Waals surface area contributed by atoms with Crippen LogP contribution in [-0.4, -0.2) is 5.71 Å². The first-order valence-electron chi connectivity index (χ1n) is 6.73. The van der Waals surface area contributed by atoms with Gasteiger partial charge in [0.2, 0.25) is 0 Å². The van der Waals surface area contributed by atoms with Crippen LogP contribution in [0.5, 0.6) is 0 Å². The van der Waals surface area contributed by atoms with E-state index in [1.165, 1.54) is 11.6 Å². The molecule has 0 bridgehead atoms. The normalized spacial score (nSPS) is 15.9. The molecule has 0 heterocycles. The number of alkyl halides is 3. The lowest BCUT2D eigenvalue weighted by atomic mass is 10.1. The van der Waals surface area contributed by atoms with Gasteiger partial charge in [-0.1, -0.05) is 35.9 Å².